The van der Waals surface area contributed by atoms with Gasteiger partial charge in [0.1, 0.15) is 0 Å². The van der Waals surface area contributed by atoms with Crippen molar-refractivity contribution in [2.45, 2.75) is 32.7 Å². The second-order valence-corrected chi connectivity index (χ2v) is 8.29. The Morgan fingerprint density at radius 1 is 1.10 bits per heavy atom. The molecule has 0 unspecified atom stereocenters. The molecule has 4 rings (SSSR count). The van der Waals surface area contributed by atoms with Gasteiger partial charge in [-0.2, -0.15) is 5.10 Å². The molecule has 1 amide bonds. The highest BCUT2D eigenvalue weighted by atomic mass is 32.1. The summed E-state index contributed by atoms with van der Waals surface area (Å²) in [4.78, 5) is 30.0. The van der Waals surface area contributed by atoms with Crippen molar-refractivity contribution in [1.29, 1.82) is 0 Å². The molecule has 0 fully saturated rings. The maximum absolute atomic E-state index is 12.8. The van der Waals surface area contributed by atoms with Crippen molar-refractivity contribution >= 4 is 38.2 Å². The molecule has 7 heteroatoms. The Kier molecular flexibility index (Phi) is 5.40. The molecule has 0 bridgehead atoms. The van der Waals surface area contributed by atoms with E-state index in [2.05, 4.69) is 21.5 Å². The first-order valence-corrected chi connectivity index (χ1v) is 10.5. The van der Waals surface area contributed by atoms with Gasteiger partial charge < -0.3 is 5.32 Å². The van der Waals surface area contributed by atoms with Crippen LogP contribution in [0.3, 0.4) is 0 Å². The zero-order valence-corrected chi connectivity index (χ0v) is 17.2. The summed E-state index contributed by atoms with van der Waals surface area (Å²) in [7, 11) is 0. The molecule has 1 N–H and O–H groups in total. The average Bonchev–Trinajstić information content (AvgIpc) is 3.14. The van der Waals surface area contributed by atoms with Gasteiger partial charge in [-0.05, 0) is 38.5 Å². The van der Waals surface area contributed by atoms with Crippen LogP contribution in [-0.4, -0.2) is 27.2 Å². The third kappa shape index (κ3) is 3.91. The van der Waals surface area contributed by atoms with Crippen LogP contribution in [0.2, 0.25) is 0 Å². The van der Waals surface area contributed by atoms with E-state index in [1.807, 2.05) is 38.1 Å². The van der Waals surface area contributed by atoms with Gasteiger partial charge in [0.15, 0.2) is 5.69 Å². The van der Waals surface area contributed by atoms with Crippen molar-refractivity contribution in [1.82, 2.24) is 20.1 Å². The first-order chi connectivity index (χ1) is 14.0. The highest BCUT2D eigenvalue weighted by molar-refractivity contribution is 7.18. The van der Waals surface area contributed by atoms with Gasteiger partial charge in [-0.15, -0.1) is 11.3 Å². The average molecular weight is 407 g/mol. The summed E-state index contributed by atoms with van der Waals surface area (Å²) in [5.74, 6) is -0.264. The van der Waals surface area contributed by atoms with E-state index in [9.17, 15) is 9.59 Å². The number of hydrogen-bond acceptors (Lipinski definition) is 5. The van der Waals surface area contributed by atoms with Gasteiger partial charge in [0, 0.05) is 18.4 Å². The SMILES string of the molecule is CC(C)n1nc(C(=O)NCCCc2nc3ccccc3s2)c2ccccc2c1=O. The van der Waals surface area contributed by atoms with Gasteiger partial charge in [0.2, 0.25) is 0 Å². The molecule has 0 atom stereocenters. The molecule has 6 nitrogen and oxygen atoms in total. The number of carbonyl (C=O) groups is 1. The van der Waals surface area contributed by atoms with E-state index in [0.29, 0.717) is 17.3 Å². The Balaban J connectivity index is 1.47. The highest BCUT2D eigenvalue weighted by Gasteiger charge is 2.17. The maximum Gasteiger partial charge on any atom is 0.274 e. The molecule has 0 saturated carbocycles. The smallest absolute Gasteiger partial charge is 0.274 e. The number of nitrogens with zero attached hydrogens (tertiary/aromatic N) is 3. The summed E-state index contributed by atoms with van der Waals surface area (Å²) in [6.07, 6.45) is 1.59. The normalized spacial score (nSPS) is 11.4. The molecule has 0 aliphatic heterocycles. The van der Waals surface area contributed by atoms with E-state index >= 15 is 0 Å². The van der Waals surface area contributed by atoms with Crippen LogP contribution in [0.5, 0.6) is 0 Å². The number of benzene rings is 2. The lowest BCUT2D eigenvalue weighted by molar-refractivity contribution is 0.0947. The Morgan fingerprint density at radius 2 is 1.83 bits per heavy atom. The predicted octanol–water partition coefficient (Wildman–Crippen LogP) is 3.95. The lowest BCUT2D eigenvalue weighted by atomic mass is 10.1. The second kappa shape index (κ2) is 8.13. The Morgan fingerprint density at radius 3 is 2.59 bits per heavy atom. The van der Waals surface area contributed by atoms with Crippen LogP contribution in [0.15, 0.2) is 53.3 Å². The highest BCUT2D eigenvalue weighted by Crippen LogP contribution is 2.22. The lowest BCUT2D eigenvalue weighted by Crippen LogP contribution is -2.32. The van der Waals surface area contributed by atoms with Crippen molar-refractivity contribution in [3.8, 4) is 0 Å². The molecule has 4 aromatic rings. The maximum atomic E-state index is 12.8. The molecule has 29 heavy (non-hydrogen) atoms. The van der Waals surface area contributed by atoms with Gasteiger partial charge >= 0.3 is 0 Å². The Bertz CT molecular complexity index is 1210. The molecule has 0 radical (unpaired) electrons. The summed E-state index contributed by atoms with van der Waals surface area (Å²) < 4.78 is 2.55. The minimum atomic E-state index is -0.264. The van der Waals surface area contributed by atoms with Crippen LogP contribution < -0.4 is 10.9 Å². The van der Waals surface area contributed by atoms with Gasteiger partial charge in [0.25, 0.3) is 11.5 Å². The number of amides is 1. The zero-order chi connectivity index (χ0) is 20.4. The largest absolute Gasteiger partial charge is 0.351 e. The topological polar surface area (TPSA) is 76.9 Å². The van der Waals surface area contributed by atoms with Crippen LogP contribution in [0.25, 0.3) is 21.0 Å². The van der Waals surface area contributed by atoms with Crippen molar-refractivity contribution in [2.24, 2.45) is 0 Å². The van der Waals surface area contributed by atoms with E-state index in [-0.39, 0.29) is 23.2 Å². The summed E-state index contributed by atoms with van der Waals surface area (Å²) in [5, 5.41) is 9.45. The molecule has 2 aromatic heterocycles. The number of carbonyl (C=O) groups excluding carboxylic acids is 1. The fourth-order valence-electron chi connectivity index (χ4n) is 3.28. The number of nitrogens with one attached hydrogen (secondary N) is 1. The van der Waals surface area contributed by atoms with Crippen molar-refractivity contribution in [2.75, 3.05) is 6.54 Å². The quantitative estimate of drug-likeness (QED) is 0.492. The predicted molar refractivity (Wildman–Crippen MR) is 117 cm³/mol. The van der Waals surface area contributed by atoms with E-state index in [1.54, 1.807) is 29.5 Å². The van der Waals surface area contributed by atoms with Crippen molar-refractivity contribution < 1.29 is 4.79 Å². The van der Waals surface area contributed by atoms with Crippen LogP contribution in [0, 0.1) is 0 Å². The number of fused-ring (bicyclic) bond motifs is 2. The fourth-order valence-corrected chi connectivity index (χ4v) is 4.29. The summed E-state index contributed by atoms with van der Waals surface area (Å²) >= 11 is 1.69. The molecule has 0 saturated heterocycles. The Labute approximate surface area is 172 Å². The van der Waals surface area contributed by atoms with Gasteiger partial charge in [-0.1, -0.05) is 30.3 Å². The zero-order valence-electron chi connectivity index (χ0n) is 16.4. The van der Waals surface area contributed by atoms with E-state index in [0.717, 1.165) is 23.4 Å². The molecule has 148 valence electrons. The number of para-hydroxylation sites is 1. The lowest BCUT2D eigenvalue weighted by Gasteiger charge is -2.13. The van der Waals surface area contributed by atoms with E-state index in [4.69, 9.17) is 0 Å². The van der Waals surface area contributed by atoms with Crippen LogP contribution in [0.1, 0.15) is 41.8 Å². The van der Waals surface area contributed by atoms with E-state index < -0.39 is 0 Å². The first-order valence-electron chi connectivity index (χ1n) is 9.69. The minimum absolute atomic E-state index is 0.127. The number of thiazole rings is 1. The number of aromatic nitrogens is 3. The molecule has 0 aliphatic rings. The van der Waals surface area contributed by atoms with Gasteiger partial charge in [-0.25, -0.2) is 9.67 Å². The van der Waals surface area contributed by atoms with Crippen LogP contribution >= 0.6 is 11.3 Å². The fraction of sp³-hybridized carbons (Fsp3) is 0.273. The molecule has 0 aliphatic carbocycles. The van der Waals surface area contributed by atoms with Gasteiger partial charge in [-0.3, -0.25) is 9.59 Å². The molecule has 2 aromatic carbocycles. The second-order valence-electron chi connectivity index (χ2n) is 7.17. The van der Waals surface area contributed by atoms with Gasteiger partial charge in [0.05, 0.1) is 26.7 Å². The monoisotopic (exact) mass is 406 g/mol. The third-order valence-corrected chi connectivity index (χ3v) is 5.82. The molecule has 2 heterocycles. The minimum Gasteiger partial charge on any atom is -0.351 e. The molecule has 0 spiro atoms. The molecular formula is C22H22N4O2S. The van der Waals surface area contributed by atoms with E-state index in [1.165, 1.54) is 9.38 Å². The third-order valence-electron chi connectivity index (χ3n) is 4.72. The summed E-state index contributed by atoms with van der Waals surface area (Å²) in [6, 6.07) is 15.1. The summed E-state index contributed by atoms with van der Waals surface area (Å²) in [5.41, 5.74) is 1.13. The standard InChI is InChI=1S/C22H22N4O2S/c1-14(2)26-22(28)16-9-4-3-8-15(16)20(25-26)21(27)23-13-7-12-19-24-17-10-5-6-11-18(17)29-19/h3-6,8-11,14H,7,12-13H2,1-2H3,(H,23,27). The van der Waals surface area contributed by atoms with Crippen molar-refractivity contribution in [3.63, 3.8) is 0 Å². The van der Waals surface area contributed by atoms with Crippen LogP contribution in [0.4, 0.5) is 0 Å². The summed E-state index contributed by atoms with van der Waals surface area (Å²) in [6.45, 7) is 4.28. The Hall–Kier alpha value is -3.06. The number of rotatable bonds is 6. The number of hydrogen-bond donors (Lipinski definition) is 1. The van der Waals surface area contributed by atoms with Crippen molar-refractivity contribution in [3.05, 3.63) is 69.6 Å². The first kappa shape index (κ1) is 19.3. The van der Waals surface area contributed by atoms with Crippen LogP contribution in [-0.2, 0) is 6.42 Å². The number of aryl methyl sites for hydroxylation is 1. The molecular weight excluding hydrogens is 384 g/mol.